The molecule has 0 bridgehead atoms. The molecule has 0 saturated carbocycles. The number of carbonyl (C=O) groups excluding carboxylic acids is 1. The molecule has 1 aliphatic rings. The van der Waals surface area contributed by atoms with Crippen LogP contribution in [0.15, 0.2) is 24.3 Å². The number of nitrogens with zero attached hydrogens (tertiary/aromatic N) is 1. The summed E-state index contributed by atoms with van der Waals surface area (Å²) < 4.78 is 5.25. The lowest BCUT2D eigenvalue weighted by molar-refractivity contribution is -0.142. The van der Waals surface area contributed by atoms with Gasteiger partial charge in [0.15, 0.2) is 0 Å². The third-order valence-electron chi connectivity index (χ3n) is 6.33. The fourth-order valence-electron chi connectivity index (χ4n) is 4.85. The molecule has 3 aromatic rings. The van der Waals surface area contributed by atoms with Gasteiger partial charge in [-0.3, -0.25) is 4.79 Å². The molecule has 0 N–H and O–H groups in total. The smallest absolute Gasteiger partial charge is 0.313 e. The van der Waals surface area contributed by atoms with Crippen molar-refractivity contribution in [3.05, 3.63) is 51.5 Å². The van der Waals surface area contributed by atoms with Gasteiger partial charge in [0.25, 0.3) is 0 Å². The third-order valence-corrected chi connectivity index (χ3v) is 7.52. The minimum atomic E-state index is -0.283. The number of aryl methyl sites for hydroxylation is 4. The summed E-state index contributed by atoms with van der Waals surface area (Å²) in [6.07, 6.45) is 7.72. The SMILES string of the molecule is CCCC(C(=O)OC)c1c(C)nc2sc3c(c2c1-c1ccc(C)cc1)CCCCC3. The van der Waals surface area contributed by atoms with Gasteiger partial charge in [-0.2, -0.15) is 0 Å². The van der Waals surface area contributed by atoms with Crippen molar-refractivity contribution in [2.45, 2.75) is 71.6 Å². The van der Waals surface area contributed by atoms with Gasteiger partial charge in [-0.1, -0.05) is 49.6 Å². The largest absolute Gasteiger partial charge is 0.469 e. The standard InChI is InChI=1S/C26H31NO2S/c1-5-9-20(26(28)29-4)22-17(3)27-25-24(19-10-7-6-8-11-21(19)30-25)23(22)18-14-12-16(2)13-15-18/h12-15,20H,5-11H2,1-4H3. The monoisotopic (exact) mass is 421 g/mol. The van der Waals surface area contributed by atoms with E-state index >= 15 is 0 Å². The molecule has 2 aromatic heterocycles. The maximum atomic E-state index is 12.9. The first-order chi connectivity index (χ1) is 14.5. The van der Waals surface area contributed by atoms with Crippen LogP contribution in [-0.4, -0.2) is 18.1 Å². The lowest BCUT2D eigenvalue weighted by Gasteiger charge is -2.22. The molecule has 30 heavy (non-hydrogen) atoms. The molecule has 0 amide bonds. The van der Waals surface area contributed by atoms with Crippen LogP contribution >= 0.6 is 11.3 Å². The first kappa shape index (κ1) is 21.0. The zero-order valence-electron chi connectivity index (χ0n) is 18.5. The molecule has 0 radical (unpaired) electrons. The van der Waals surface area contributed by atoms with Crippen LogP contribution in [0.4, 0.5) is 0 Å². The minimum Gasteiger partial charge on any atom is -0.469 e. The number of thiophene rings is 1. The van der Waals surface area contributed by atoms with E-state index in [1.165, 1.54) is 58.9 Å². The molecular formula is C26H31NO2S. The summed E-state index contributed by atoms with van der Waals surface area (Å²) in [4.78, 5) is 20.5. The summed E-state index contributed by atoms with van der Waals surface area (Å²) in [5.41, 5.74) is 7.12. The summed E-state index contributed by atoms with van der Waals surface area (Å²) in [7, 11) is 1.49. The Kier molecular flexibility index (Phi) is 6.24. The van der Waals surface area contributed by atoms with Gasteiger partial charge in [0.1, 0.15) is 4.83 Å². The second-order valence-electron chi connectivity index (χ2n) is 8.46. The number of pyridine rings is 1. The van der Waals surface area contributed by atoms with Crippen LogP contribution in [0.5, 0.6) is 0 Å². The number of aromatic nitrogens is 1. The fraction of sp³-hybridized carbons (Fsp3) is 0.462. The maximum absolute atomic E-state index is 12.9. The van der Waals surface area contributed by atoms with E-state index in [0.29, 0.717) is 0 Å². The first-order valence-corrected chi connectivity index (χ1v) is 12.0. The van der Waals surface area contributed by atoms with Gasteiger partial charge in [-0.05, 0) is 68.2 Å². The number of methoxy groups -OCH3 is 1. The Morgan fingerprint density at radius 1 is 1.13 bits per heavy atom. The van der Waals surface area contributed by atoms with Crippen molar-refractivity contribution in [3.8, 4) is 11.1 Å². The molecule has 0 saturated heterocycles. The molecule has 1 aliphatic carbocycles. The Hall–Kier alpha value is -2.20. The van der Waals surface area contributed by atoms with Crippen molar-refractivity contribution in [2.24, 2.45) is 0 Å². The predicted molar refractivity (Wildman–Crippen MR) is 125 cm³/mol. The van der Waals surface area contributed by atoms with E-state index in [1.54, 1.807) is 0 Å². The van der Waals surface area contributed by atoms with Crippen molar-refractivity contribution in [3.63, 3.8) is 0 Å². The predicted octanol–water partition coefficient (Wildman–Crippen LogP) is 6.91. The Morgan fingerprint density at radius 3 is 2.57 bits per heavy atom. The number of hydrogen-bond donors (Lipinski definition) is 0. The highest BCUT2D eigenvalue weighted by atomic mass is 32.1. The first-order valence-electron chi connectivity index (χ1n) is 11.1. The molecule has 1 aromatic carbocycles. The second kappa shape index (κ2) is 8.89. The molecule has 0 spiro atoms. The highest BCUT2D eigenvalue weighted by Gasteiger charge is 2.30. The quantitative estimate of drug-likeness (QED) is 0.332. The van der Waals surface area contributed by atoms with Crippen molar-refractivity contribution in [2.75, 3.05) is 7.11 Å². The average Bonchev–Trinajstić information content (AvgIpc) is 2.92. The summed E-state index contributed by atoms with van der Waals surface area (Å²) in [5.74, 6) is -0.440. The lowest BCUT2D eigenvalue weighted by Crippen LogP contribution is -2.17. The number of carbonyl (C=O) groups is 1. The van der Waals surface area contributed by atoms with Gasteiger partial charge in [0, 0.05) is 16.0 Å². The lowest BCUT2D eigenvalue weighted by atomic mass is 9.84. The van der Waals surface area contributed by atoms with Crippen molar-refractivity contribution >= 4 is 27.5 Å². The van der Waals surface area contributed by atoms with Gasteiger partial charge in [0.2, 0.25) is 0 Å². The Bertz CT molecular complexity index is 1070. The fourth-order valence-corrected chi connectivity index (χ4v) is 6.17. The topological polar surface area (TPSA) is 39.2 Å². The molecule has 0 fully saturated rings. The zero-order chi connectivity index (χ0) is 21.3. The van der Waals surface area contributed by atoms with E-state index in [2.05, 4.69) is 45.0 Å². The number of fused-ring (bicyclic) bond motifs is 3. The number of rotatable bonds is 5. The van der Waals surface area contributed by atoms with Crippen molar-refractivity contribution in [1.82, 2.24) is 4.98 Å². The second-order valence-corrected chi connectivity index (χ2v) is 9.54. The zero-order valence-corrected chi connectivity index (χ0v) is 19.3. The highest BCUT2D eigenvalue weighted by molar-refractivity contribution is 7.19. The van der Waals surface area contributed by atoms with Crippen LogP contribution in [0.3, 0.4) is 0 Å². The Labute approximate surface area is 183 Å². The van der Waals surface area contributed by atoms with Crippen molar-refractivity contribution < 1.29 is 9.53 Å². The third kappa shape index (κ3) is 3.78. The summed E-state index contributed by atoms with van der Waals surface area (Å²) in [5, 5.41) is 1.28. The number of ether oxygens (including phenoxy) is 1. The van der Waals surface area contributed by atoms with Crippen LogP contribution < -0.4 is 0 Å². The summed E-state index contributed by atoms with van der Waals surface area (Å²) >= 11 is 1.86. The van der Waals surface area contributed by atoms with E-state index in [0.717, 1.165) is 41.8 Å². The molecular weight excluding hydrogens is 390 g/mol. The molecule has 1 unspecified atom stereocenters. The molecule has 1 atom stereocenters. The van der Waals surface area contributed by atoms with E-state index < -0.39 is 0 Å². The number of hydrogen-bond acceptors (Lipinski definition) is 4. The van der Waals surface area contributed by atoms with E-state index in [1.807, 2.05) is 11.3 Å². The Morgan fingerprint density at radius 2 is 1.87 bits per heavy atom. The van der Waals surface area contributed by atoms with Gasteiger partial charge < -0.3 is 4.74 Å². The van der Waals surface area contributed by atoms with E-state index in [4.69, 9.17) is 9.72 Å². The van der Waals surface area contributed by atoms with Crippen LogP contribution in [0.1, 0.15) is 72.2 Å². The van der Waals surface area contributed by atoms with Gasteiger partial charge in [0.05, 0.1) is 13.0 Å². The molecule has 4 rings (SSSR count). The van der Waals surface area contributed by atoms with Crippen LogP contribution in [-0.2, 0) is 22.4 Å². The van der Waals surface area contributed by atoms with Crippen LogP contribution in [0.2, 0.25) is 0 Å². The molecule has 0 aliphatic heterocycles. The van der Waals surface area contributed by atoms with Crippen LogP contribution in [0, 0.1) is 13.8 Å². The Balaban J connectivity index is 2.08. The molecule has 4 heteroatoms. The number of benzene rings is 1. The van der Waals surface area contributed by atoms with E-state index in [9.17, 15) is 4.79 Å². The normalized spacial score (nSPS) is 14.9. The summed E-state index contributed by atoms with van der Waals surface area (Å²) in [6, 6.07) is 8.74. The van der Waals surface area contributed by atoms with Crippen LogP contribution in [0.25, 0.3) is 21.3 Å². The maximum Gasteiger partial charge on any atom is 0.313 e. The summed E-state index contributed by atoms with van der Waals surface area (Å²) in [6.45, 7) is 6.30. The number of esters is 1. The minimum absolute atomic E-state index is 0.157. The molecule has 158 valence electrons. The van der Waals surface area contributed by atoms with Gasteiger partial charge in [-0.15, -0.1) is 11.3 Å². The molecule has 2 heterocycles. The molecule has 3 nitrogen and oxygen atoms in total. The average molecular weight is 422 g/mol. The van der Waals surface area contributed by atoms with Gasteiger partial charge >= 0.3 is 5.97 Å². The van der Waals surface area contributed by atoms with Gasteiger partial charge in [-0.25, -0.2) is 4.98 Å². The van der Waals surface area contributed by atoms with Crippen molar-refractivity contribution in [1.29, 1.82) is 0 Å². The highest BCUT2D eigenvalue weighted by Crippen LogP contribution is 2.45. The van der Waals surface area contributed by atoms with E-state index in [-0.39, 0.29) is 11.9 Å².